The smallest absolute Gasteiger partial charge is 0.270 e. The van der Waals surface area contributed by atoms with E-state index in [1.54, 1.807) is 18.2 Å². The summed E-state index contributed by atoms with van der Waals surface area (Å²) in [5.74, 6) is -0.554. The molecule has 0 fully saturated rings. The van der Waals surface area contributed by atoms with Gasteiger partial charge in [0.05, 0.1) is 10.2 Å². The lowest BCUT2D eigenvalue weighted by Gasteiger charge is -2.15. The Kier molecular flexibility index (Phi) is 8.02. The summed E-state index contributed by atoms with van der Waals surface area (Å²) in [7, 11) is 0. The van der Waals surface area contributed by atoms with Crippen LogP contribution >= 0.6 is 27.7 Å². The zero-order valence-corrected chi connectivity index (χ0v) is 19.5. The van der Waals surface area contributed by atoms with E-state index in [0.717, 1.165) is 15.1 Å². The molecule has 0 aliphatic heterocycles. The van der Waals surface area contributed by atoms with Crippen molar-refractivity contribution in [3.05, 3.63) is 92.9 Å². The summed E-state index contributed by atoms with van der Waals surface area (Å²) in [6.07, 6.45) is 0.622. The highest BCUT2D eigenvalue weighted by atomic mass is 79.9. The van der Waals surface area contributed by atoms with Crippen molar-refractivity contribution in [1.82, 2.24) is 0 Å². The standard InChI is InChI=1S/C23H20BrN3O4S/c1-2-21(23(29)25-17-11-9-16(24)10-12-17)32-20-8-4-6-18(14-20)26-22(28)15-5-3-7-19(13-15)27(30)31/h3-14,21H,2H2,1H3,(H,25,29)(H,26,28). The fourth-order valence-corrected chi connectivity index (χ4v) is 4.13. The van der Waals surface area contributed by atoms with Gasteiger partial charge >= 0.3 is 0 Å². The first kappa shape index (κ1) is 23.5. The summed E-state index contributed by atoms with van der Waals surface area (Å²) in [4.78, 5) is 36.4. The lowest BCUT2D eigenvalue weighted by Crippen LogP contribution is -2.24. The molecule has 0 bridgehead atoms. The van der Waals surface area contributed by atoms with E-state index in [0.29, 0.717) is 12.1 Å². The third kappa shape index (κ3) is 6.41. The molecule has 1 unspecified atom stereocenters. The summed E-state index contributed by atoms with van der Waals surface area (Å²) in [5.41, 5.74) is 1.30. The number of nitro groups is 1. The SMILES string of the molecule is CCC(Sc1cccc(NC(=O)c2cccc([N+](=O)[O-])c2)c1)C(=O)Nc1ccc(Br)cc1. The van der Waals surface area contributed by atoms with E-state index in [-0.39, 0.29) is 22.4 Å². The number of nitro benzene ring substituents is 1. The van der Waals surface area contributed by atoms with Gasteiger partial charge in [-0.05, 0) is 55.0 Å². The van der Waals surface area contributed by atoms with Gasteiger partial charge in [0.25, 0.3) is 11.6 Å². The molecule has 0 saturated heterocycles. The van der Waals surface area contributed by atoms with Crippen LogP contribution in [0, 0.1) is 10.1 Å². The Bertz CT molecular complexity index is 1140. The van der Waals surface area contributed by atoms with Gasteiger partial charge < -0.3 is 10.6 Å². The molecule has 9 heteroatoms. The minimum Gasteiger partial charge on any atom is -0.325 e. The molecular weight excluding hydrogens is 494 g/mol. The van der Waals surface area contributed by atoms with Crippen molar-refractivity contribution in [2.45, 2.75) is 23.5 Å². The van der Waals surface area contributed by atoms with Gasteiger partial charge in [-0.1, -0.05) is 35.0 Å². The predicted octanol–water partition coefficient (Wildman–Crippen LogP) is 6.12. The van der Waals surface area contributed by atoms with Crippen LogP contribution in [0.3, 0.4) is 0 Å². The fraction of sp³-hybridized carbons (Fsp3) is 0.130. The second kappa shape index (κ2) is 10.9. The second-order valence-corrected chi connectivity index (χ2v) is 8.99. The van der Waals surface area contributed by atoms with Crippen molar-refractivity contribution in [2.24, 2.45) is 0 Å². The first-order valence-electron chi connectivity index (χ1n) is 9.74. The van der Waals surface area contributed by atoms with Gasteiger partial charge in [0.2, 0.25) is 5.91 Å². The minimum atomic E-state index is -0.543. The Labute approximate surface area is 197 Å². The Balaban J connectivity index is 1.67. The number of rotatable bonds is 8. The van der Waals surface area contributed by atoms with Crippen LogP contribution in [-0.2, 0) is 4.79 Å². The van der Waals surface area contributed by atoms with Gasteiger partial charge in [0.1, 0.15) is 0 Å². The Morgan fingerprint density at radius 1 is 1.00 bits per heavy atom. The van der Waals surface area contributed by atoms with Crippen LogP contribution in [-0.4, -0.2) is 22.0 Å². The van der Waals surface area contributed by atoms with Crippen LogP contribution in [0.15, 0.2) is 82.2 Å². The molecule has 1 atom stereocenters. The molecule has 0 heterocycles. The van der Waals surface area contributed by atoms with E-state index in [2.05, 4.69) is 26.6 Å². The van der Waals surface area contributed by atoms with Crippen LogP contribution in [0.4, 0.5) is 17.1 Å². The van der Waals surface area contributed by atoms with E-state index in [4.69, 9.17) is 0 Å². The molecule has 3 aromatic rings. The van der Waals surface area contributed by atoms with Gasteiger partial charge in [-0.3, -0.25) is 19.7 Å². The number of non-ortho nitro benzene ring substituents is 1. The van der Waals surface area contributed by atoms with Crippen molar-refractivity contribution in [1.29, 1.82) is 0 Å². The van der Waals surface area contributed by atoms with Crippen LogP contribution in [0.5, 0.6) is 0 Å². The molecule has 0 radical (unpaired) electrons. The monoisotopic (exact) mass is 513 g/mol. The van der Waals surface area contributed by atoms with E-state index in [1.165, 1.54) is 36.0 Å². The number of benzene rings is 3. The summed E-state index contributed by atoms with van der Waals surface area (Å²) in [5, 5.41) is 16.3. The lowest BCUT2D eigenvalue weighted by molar-refractivity contribution is -0.384. The van der Waals surface area contributed by atoms with Gasteiger partial charge in [0, 0.05) is 38.4 Å². The van der Waals surface area contributed by atoms with Crippen LogP contribution in [0.25, 0.3) is 0 Å². The van der Waals surface area contributed by atoms with Crippen molar-refractivity contribution in [2.75, 3.05) is 10.6 Å². The highest BCUT2D eigenvalue weighted by Crippen LogP contribution is 2.29. The summed E-state index contributed by atoms with van der Waals surface area (Å²) < 4.78 is 0.931. The van der Waals surface area contributed by atoms with Crippen LogP contribution in [0.2, 0.25) is 0 Å². The number of thioether (sulfide) groups is 1. The van der Waals surface area contributed by atoms with Gasteiger partial charge in [-0.15, -0.1) is 11.8 Å². The number of halogens is 1. The van der Waals surface area contributed by atoms with E-state index in [1.807, 2.05) is 37.3 Å². The first-order valence-corrected chi connectivity index (χ1v) is 11.4. The molecule has 3 aromatic carbocycles. The third-order valence-corrected chi connectivity index (χ3v) is 6.35. The lowest BCUT2D eigenvalue weighted by atomic mass is 10.2. The number of hydrogen-bond donors (Lipinski definition) is 2. The van der Waals surface area contributed by atoms with Crippen molar-refractivity contribution < 1.29 is 14.5 Å². The molecule has 0 aromatic heterocycles. The molecule has 32 heavy (non-hydrogen) atoms. The maximum atomic E-state index is 12.7. The number of hydrogen-bond acceptors (Lipinski definition) is 5. The van der Waals surface area contributed by atoms with Gasteiger partial charge in [0.15, 0.2) is 0 Å². The second-order valence-electron chi connectivity index (χ2n) is 6.80. The normalized spacial score (nSPS) is 11.4. The summed E-state index contributed by atoms with van der Waals surface area (Å²) in [6, 6.07) is 20.1. The van der Waals surface area contributed by atoms with Crippen molar-refractivity contribution in [3.8, 4) is 0 Å². The van der Waals surface area contributed by atoms with Crippen LogP contribution in [0.1, 0.15) is 23.7 Å². The zero-order chi connectivity index (χ0) is 23.1. The number of carbonyl (C=O) groups excluding carboxylic acids is 2. The van der Waals surface area contributed by atoms with Crippen molar-refractivity contribution in [3.63, 3.8) is 0 Å². The topological polar surface area (TPSA) is 101 Å². The molecule has 7 nitrogen and oxygen atoms in total. The van der Waals surface area contributed by atoms with E-state index < -0.39 is 10.8 Å². The summed E-state index contributed by atoms with van der Waals surface area (Å²) in [6.45, 7) is 1.94. The molecule has 164 valence electrons. The molecule has 0 aliphatic carbocycles. The average Bonchev–Trinajstić information content (AvgIpc) is 2.79. The largest absolute Gasteiger partial charge is 0.325 e. The summed E-state index contributed by atoms with van der Waals surface area (Å²) >= 11 is 4.77. The highest BCUT2D eigenvalue weighted by Gasteiger charge is 2.19. The number of nitrogens with zero attached hydrogens (tertiary/aromatic N) is 1. The number of amides is 2. The van der Waals surface area contributed by atoms with Crippen LogP contribution < -0.4 is 10.6 Å². The number of carbonyl (C=O) groups is 2. The fourth-order valence-electron chi connectivity index (χ4n) is 2.85. The number of nitrogens with one attached hydrogen (secondary N) is 2. The number of anilines is 2. The van der Waals surface area contributed by atoms with Gasteiger partial charge in [-0.2, -0.15) is 0 Å². The van der Waals surface area contributed by atoms with Crippen molar-refractivity contribution >= 4 is 56.6 Å². The Hall–Kier alpha value is -3.17. The quantitative estimate of drug-likeness (QED) is 0.214. The minimum absolute atomic E-state index is 0.106. The molecule has 2 N–H and O–H groups in total. The van der Waals surface area contributed by atoms with Gasteiger partial charge in [-0.25, -0.2) is 0 Å². The average molecular weight is 514 g/mol. The molecule has 2 amide bonds. The molecule has 3 rings (SSSR count). The first-order chi connectivity index (χ1) is 15.4. The predicted molar refractivity (Wildman–Crippen MR) is 130 cm³/mol. The molecule has 0 spiro atoms. The Morgan fingerprint density at radius 2 is 1.72 bits per heavy atom. The maximum Gasteiger partial charge on any atom is 0.270 e. The molecular formula is C23H20BrN3O4S. The Morgan fingerprint density at radius 3 is 2.41 bits per heavy atom. The zero-order valence-electron chi connectivity index (χ0n) is 17.1. The third-order valence-electron chi connectivity index (χ3n) is 4.46. The maximum absolute atomic E-state index is 12.7. The van der Waals surface area contributed by atoms with E-state index >= 15 is 0 Å². The molecule has 0 aliphatic rings. The molecule has 0 saturated carbocycles. The highest BCUT2D eigenvalue weighted by molar-refractivity contribution is 9.10. The van der Waals surface area contributed by atoms with E-state index in [9.17, 15) is 19.7 Å².